The molecule has 1 aromatic carbocycles. The molecule has 1 atom stereocenters. The van der Waals surface area contributed by atoms with Gasteiger partial charge in [-0.05, 0) is 37.5 Å². The predicted octanol–water partition coefficient (Wildman–Crippen LogP) is 0.765. The van der Waals surface area contributed by atoms with Crippen LogP contribution in [0.3, 0.4) is 0 Å². The summed E-state index contributed by atoms with van der Waals surface area (Å²) in [6.07, 6.45) is 1.80. The van der Waals surface area contributed by atoms with Crippen molar-refractivity contribution in [2.75, 3.05) is 18.4 Å². The minimum absolute atomic E-state index is 0.0331. The molecule has 0 aromatic heterocycles. The van der Waals surface area contributed by atoms with Crippen molar-refractivity contribution in [3.8, 4) is 0 Å². The molecule has 7 nitrogen and oxygen atoms in total. The van der Waals surface area contributed by atoms with E-state index in [1.807, 2.05) is 6.92 Å². The lowest BCUT2D eigenvalue weighted by molar-refractivity contribution is -0.124. The molecule has 0 unspecified atom stereocenters. The number of anilines is 1. The SMILES string of the molecule is CCNC(=O)Cc1ccc(NC(=O)N[C@H]2CCCNC2=O)cc1. The van der Waals surface area contributed by atoms with Gasteiger partial charge in [0.2, 0.25) is 11.8 Å². The van der Waals surface area contributed by atoms with E-state index in [-0.39, 0.29) is 11.8 Å². The predicted molar refractivity (Wildman–Crippen MR) is 87.0 cm³/mol. The lowest BCUT2D eigenvalue weighted by Crippen LogP contribution is -2.51. The summed E-state index contributed by atoms with van der Waals surface area (Å²) in [6.45, 7) is 3.13. The van der Waals surface area contributed by atoms with Gasteiger partial charge in [-0.2, -0.15) is 0 Å². The molecule has 0 bridgehead atoms. The van der Waals surface area contributed by atoms with Gasteiger partial charge in [0.15, 0.2) is 0 Å². The van der Waals surface area contributed by atoms with Crippen LogP contribution in [0, 0.1) is 0 Å². The van der Waals surface area contributed by atoms with E-state index < -0.39 is 12.1 Å². The summed E-state index contributed by atoms with van der Waals surface area (Å²) in [7, 11) is 0. The van der Waals surface area contributed by atoms with Gasteiger partial charge in [-0.3, -0.25) is 9.59 Å². The lowest BCUT2D eigenvalue weighted by Gasteiger charge is -2.22. The molecule has 0 aliphatic carbocycles. The van der Waals surface area contributed by atoms with E-state index in [1.54, 1.807) is 24.3 Å². The molecule has 1 aromatic rings. The molecule has 23 heavy (non-hydrogen) atoms. The van der Waals surface area contributed by atoms with Crippen molar-refractivity contribution in [2.24, 2.45) is 0 Å². The Morgan fingerprint density at radius 3 is 2.65 bits per heavy atom. The number of rotatable bonds is 5. The molecule has 1 heterocycles. The third kappa shape index (κ3) is 5.28. The Balaban J connectivity index is 1.84. The molecule has 0 radical (unpaired) electrons. The molecule has 7 heteroatoms. The molecule has 0 spiro atoms. The Hall–Kier alpha value is -2.57. The molecule has 0 saturated carbocycles. The van der Waals surface area contributed by atoms with Gasteiger partial charge >= 0.3 is 6.03 Å². The molecule has 124 valence electrons. The third-order valence-electron chi connectivity index (χ3n) is 3.54. The second-order valence-electron chi connectivity index (χ2n) is 5.41. The summed E-state index contributed by atoms with van der Waals surface area (Å²) >= 11 is 0. The summed E-state index contributed by atoms with van der Waals surface area (Å²) < 4.78 is 0. The first kappa shape index (κ1) is 16.8. The number of hydrogen-bond donors (Lipinski definition) is 4. The van der Waals surface area contributed by atoms with Crippen LogP contribution in [-0.4, -0.2) is 37.0 Å². The number of piperidine rings is 1. The van der Waals surface area contributed by atoms with Crippen molar-refractivity contribution in [2.45, 2.75) is 32.2 Å². The van der Waals surface area contributed by atoms with Crippen LogP contribution >= 0.6 is 0 Å². The van der Waals surface area contributed by atoms with E-state index in [0.29, 0.717) is 31.6 Å². The molecule has 1 saturated heterocycles. The first-order valence-corrected chi connectivity index (χ1v) is 7.79. The largest absolute Gasteiger partial charge is 0.356 e. The van der Waals surface area contributed by atoms with E-state index in [9.17, 15) is 14.4 Å². The fourth-order valence-corrected chi connectivity index (χ4v) is 2.39. The van der Waals surface area contributed by atoms with Crippen molar-refractivity contribution >= 4 is 23.5 Å². The highest BCUT2D eigenvalue weighted by molar-refractivity contribution is 5.94. The van der Waals surface area contributed by atoms with Gasteiger partial charge in [-0.25, -0.2) is 4.79 Å². The van der Waals surface area contributed by atoms with Gasteiger partial charge in [0.1, 0.15) is 6.04 Å². The van der Waals surface area contributed by atoms with Crippen molar-refractivity contribution in [3.63, 3.8) is 0 Å². The number of carbonyl (C=O) groups is 3. The summed E-state index contributed by atoms with van der Waals surface area (Å²) in [5.74, 6) is -0.182. The van der Waals surface area contributed by atoms with Gasteiger partial charge in [-0.1, -0.05) is 12.1 Å². The topological polar surface area (TPSA) is 99.3 Å². The van der Waals surface area contributed by atoms with Crippen LogP contribution in [0.5, 0.6) is 0 Å². The van der Waals surface area contributed by atoms with Crippen LogP contribution in [0.4, 0.5) is 10.5 Å². The Bertz CT molecular complexity index is 571. The number of carbonyl (C=O) groups excluding carboxylic acids is 3. The minimum Gasteiger partial charge on any atom is -0.356 e. The van der Waals surface area contributed by atoms with E-state index >= 15 is 0 Å². The Morgan fingerprint density at radius 2 is 2.00 bits per heavy atom. The Kier molecular flexibility index (Phi) is 5.96. The molecule has 1 fully saturated rings. The lowest BCUT2D eigenvalue weighted by atomic mass is 10.1. The Labute approximate surface area is 135 Å². The van der Waals surface area contributed by atoms with Crippen LogP contribution in [0.25, 0.3) is 0 Å². The van der Waals surface area contributed by atoms with Gasteiger partial charge in [0.05, 0.1) is 6.42 Å². The summed E-state index contributed by atoms with van der Waals surface area (Å²) in [6, 6.07) is 6.14. The highest BCUT2D eigenvalue weighted by Crippen LogP contribution is 2.10. The Morgan fingerprint density at radius 1 is 1.26 bits per heavy atom. The quantitative estimate of drug-likeness (QED) is 0.645. The minimum atomic E-state index is -0.485. The third-order valence-corrected chi connectivity index (χ3v) is 3.54. The fraction of sp³-hybridized carbons (Fsp3) is 0.438. The molecular formula is C16H22N4O3. The zero-order valence-electron chi connectivity index (χ0n) is 13.1. The van der Waals surface area contributed by atoms with Crippen LogP contribution in [0.2, 0.25) is 0 Å². The van der Waals surface area contributed by atoms with Gasteiger partial charge in [0.25, 0.3) is 0 Å². The molecule has 1 aliphatic heterocycles. The van der Waals surface area contributed by atoms with Gasteiger partial charge in [0, 0.05) is 18.8 Å². The fourth-order valence-electron chi connectivity index (χ4n) is 2.39. The van der Waals surface area contributed by atoms with Crippen molar-refractivity contribution in [1.82, 2.24) is 16.0 Å². The van der Waals surface area contributed by atoms with Crippen LogP contribution in [0.15, 0.2) is 24.3 Å². The van der Waals surface area contributed by atoms with E-state index in [0.717, 1.165) is 12.0 Å². The number of benzene rings is 1. The average molecular weight is 318 g/mol. The van der Waals surface area contributed by atoms with Crippen LogP contribution in [-0.2, 0) is 16.0 Å². The summed E-state index contributed by atoms with van der Waals surface area (Å²) in [5.41, 5.74) is 1.48. The van der Waals surface area contributed by atoms with Gasteiger partial charge in [-0.15, -0.1) is 0 Å². The second-order valence-corrected chi connectivity index (χ2v) is 5.41. The average Bonchev–Trinajstić information content (AvgIpc) is 2.52. The molecule has 4 amide bonds. The highest BCUT2D eigenvalue weighted by atomic mass is 16.2. The zero-order chi connectivity index (χ0) is 16.7. The van der Waals surface area contributed by atoms with Crippen molar-refractivity contribution in [1.29, 1.82) is 0 Å². The van der Waals surface area contributed by atoms with Crippen molar-refractivity contribution < 1.29 is 14.4 Å². The maximum Gasteiger partial charge on any atom is 0.319 e. The number of hydrogen-bond acceptors (Lipinski definition) is 3. The second kappa shape index (κ2) is 8.17. The first-order valence-electron chi connectivity index (χ1n) is 7.79. The van der Waals surface area contributed by atoms with E-state index in [4.69, 9.17) is 0 Å². The number of likely N-dealkylation sites (N-methyl/N-ethyl adjacent to an activating group) is 1. The molecule has 2 rings (SSSR count). The number of urea groups is 1. The molecular weight excluding hydrogens is 296 g/mol. The van der Waals surface area contributed by atoms with E-state index in [2.05, 4.69) is 21.3 Å². The maximum atomic E-state index is 11.9. The van der Waals surface area contributed by atoms with Crippen LogP contribution in [0.1, 0.15) is 25.3 Å². The summed E-state index contributed by atoms with van der Waals surface area (Å²) in [4.78, 5) is 35.0. The van der Waals surface area contributed by atoms with Crippen LogP contribution < -0.4 is 21.3 Å². The monoisotopic (exact) mass is 318 g/mol. The maximum absolute atomic E-state index is 11.9. The normalized spacial score (nSPS) is 17.1. The summed E-state index contributed by atoms with van der Waals surface area (Å²) in [5, 5.41) is 10.8. The number of amides is 4. The standard InChI is InChI=1S/C16H22N4O3/c1-2-17-14(21)10-11-5-7-12(8-6-11)19-16(23)20-13-4-3-9-18-15(13)22/h5-8,13H,2-4,9-10H2,1H3,(H,17,21)(H,18,22)(H2,19,20,23)/t13-/m0/s1. The zero-order valence-corrected chi connectivity index (χ0v) is 13.1. The smallest absolute Gasteiger partial charge is 0.319 e. The van der Waals surface area contributed by atoms with Crippen molar-refractivity contribution in [3.05, 3.63) is 29.8 Å². The molecule has 1 aliphatic rings. The van der Waals surface area contributed by atoms with E-state index in [1.165, 1.54) is 0 Å². The first-order chi connectivity index (χ1) is 11.1. The number of nitrogens with one attached hydrogen (secondary N) is 4. The highest BCUT2D eigenvalue weighted by Gasteiger charge is 2.23. The molecule has 4 N–H and O–H groups in total. The van der Waals surface area contributed by atoms with Gasteiger partial charge < -0.3 is 21.3 Å².